The van der Waals surface area contributed by atoms with Crippen LogP contribution in [0.15, 0.2) is 102 Å². The molecule has 0 radical (unpaired) electrons. The number of rotatable bonds is 7. The van der Waals surface area contributed by atoms with Crippen LogP contribution in [-0.4, -0.2) is 24.6 Å². The summed E-state index contributed by atoms with van der Waals surface area (Å²) in [6.07, 6.45) is 0. The Morgan fingerprint density at radius 1 is 0.900 bits per heavy atom. The van der Waals surface area contributed by atoms with Crippen molar-refractivity contribution in [3.05, 3.63) is 103 Å². The number of hydrogen-bond acceptors (Lipinski definition) is 4. The first-order valence-corrected chi connectivity index (χ1v) is 12.7. The number of anilines is 2. The smallest absolute Gasteiger partial charge is 0.270 e. The fourth-order valence-electron chi connectivity index (χ4n) is 4.71. The zero-order valence-electron chi connectivity index (χ0n) is 22.2. The van der Waals surface area contributed by atoms with E-state index in [1.165, 1.54) is 29.3 Å². The van der Waals surface area contributed by atoms with E-state index in [1.807, 2.05) is 72.8 Å². The molecule has 0 bridgehead atoms. The van der Waals surface area contributed by atoms with Crippen LogP contribution in [0.4, 0.5) is 20.2 Å². The number of para-hydroxylation sites is 1. The second-order valence-electron chi connectivity index (χ2n) is 9.62. The second-order valence-corrected chi connectivity index (χ2v) is 9.62. The van der Waals surface area contributed by atoms with Gasteiger partial charge in [-0.3, -0.25) is 9.59 Å². The number of amides is 2. The largest absolute Gasteiger partial charge is 0.496 e. The summed E-state index contributed by atoms with van der Waals surface area (Å²) in [6.45, 7) is 2.38. The Hall–Kier alpha value is -4.85. The van der Waals surface area contributed by atoms with Crippen molar-refractivity contribution in [1.82, 2.24) is 0 Å². The van der Waals surface area contributed by atoms with Crippen LogP contribution in [0.1, 0.15) is 19.4 Å². The van der Waals surface area contributed by atoms with Crippen LogP contribution >= 0.6 is 0 Å². The second kappa shape index (κ2) is 10.7. The van der Waals surface area contributed by atoms with Crippen molar-refractivity contribution in [2.24, 2.45) is 11.0 Å². The third-order valence-corrected chi connectivity index (χ3v) is 6.72. The molecule has 202 valence electrons. The Balaban J connectivity index is 1.50. The molecule has 40 heavy (non-hydrogen) atoms. The third kappa shape index (κ3) is 5.33. The van der Waals surface area contributed by atoms with E-state index < -0.39 is 23.7 Å². The van der Waals surface area contributed by atoms with Gasteiger partial charge in [0.25, 0.3) is 11.8 Å². The highest BCUT2D eigenvalue weighted by Crippen LogP contribution is 2.38. The first-order valence-electron chi connectivity index (χ1n) is 12.7. The first-order chi connectivity index (χ1) is 19.2. The van der Waals surface area contributed by atoms with E-state index in [9.17, 15) is 18.4 Å². The summed E-state index contributed by atoms with van der Waals surface area (Å²) in [5, 5.41) is 8.27. The minimum absolute atomic E-state index is 0.174. The van der Waals surface area contributed by atoms with Gasteiger partial charge in [-0.15, -0.1) is 0 Å². The molecule has 1 aliphatic heterocycles. The molecular weight excluding hydrogens is 512 g/mol. The van der Waals surface area contributed by atoms with Gasteiger partial charge in [-0.25, -0.2) is 8.78 Å². The number of benzene rings is 4. The number of nitrogens with one attached hydrogen (secondary N) is 1. The molecule has 1 unspecified atom stereocenters. The minimum Gasteiger partial charge on any atom is -0.496 e. The summed E-state index contributed by atoms with van der Waals surface area (Å²) in [5.74, 6) is -4.79. The molecule has 0 aliphatic carbocycles. The molecule has 4 aromatic rings. The highest BCUT2D eigenvalue weighted by Gasteiger charge is 2.40. The van der Waals surface area contributed by atoms with Gasteiger partial charge in [-0.1, -0.05) is 60.7 Å². The lowest BCUT2D eigenvalue weighted by Crippen LogP contribution is -2.36. The Morgan fingerprint density at radius 2 is 1.60 bits per heavy atom. The fourth-order valence-corrected chi connectivity index (χ4v) is 4.71. The van der Waals surface area contributed by atoms with E-state index in [4.69, 9.17) is 4.74 Å². The SMILES string of the molecule is COc1ccccc1-c1cc(-c2ccccc2)cc(N2N=C(C)C(C(=O)Nc3cccc(C(C)(F)F)c3)C2=O)c1. The van der Waals surface area contributed by atoms with Crippen LogP contribution in [-0.2, 0) is 15.5 Å². The normalized spacial score (nSPS) is 15.1. The molecule has 1 atom stereocenters. The monoisotopic (exact) mass is 539 g/mol. The number of hydrogen-bond donors (Lipinski definition) is 1. The van der Waals surface area contributed by atoms with Crippen molar-refractivity contribution in [2.75, 3.05) is 17.4 Å². The van der Waals surface area contributed by atoms with Gasteiger partial charge in [0, 0.05) is 23.7 Å². The molecule has 0 aromatic heterocycles. The van der Waals surface area contributed by atoms with E-state index in [0.717, 1.165) is 29.2 Å². The zero-order valence-corrected chi connectivity index (χ0v) is 22.2. The Bertz CT molecular complexity index is 1610. The maximum absolute atomic E-state index is 13.8. The Labute approximate surface area is 230 Å². The highest BCUT2D eigenvalue weighted by molar-refractivity contribution is 6.28. The summed E-state index contributed by atoms with van der Waals surface area (Å²) in [7, 11) is 1.60. The number of methoxy groups -OCH3 is 1. The fraction of sp³-hybridized carbons (Fsp3) is 0.156. The van der Waals surface area contributed by atoms with Crippen molar-refractivity contribution < 1.29 is 23.1 Å². The first kappa shape index (κ1) is 26.7. The van der Waals surface area contributed by atoms with Crippen molar-refractivity contribution in [2.45, 2.75) is 19.8 Å². The van der Waals surface area contributed by atoms with E-state index in [0.29, 0.717) is 17.1 Å². The Kier molecular flexibility index (Phi) is 7.17. The zero-order chi connectivity index (χ0) is 28.4. The lowest BCUT2D eigenvalue weighted by molar-refractivity contribution is -0.127. The summed E-state index contributed by atoms with van der Waals surface area (Å²) < 4.78 is 33.2. The maximum atomic E-state index is 13.8. The van der Waals surface area contributed by atoms with Gasteiger partial charge in [0.05, 0.1) is 18.5 Å². The quantitative estimate of drug-likeness (QED) is 0.254. The number of carbonyl (C=O) groups is 2. The van der Waals surface area contributed by atoms with Crippen LogP contribution in [0.3, 0.4) is 0 Å². The summed E-state index contributed by atoms with van der Waals surface area (Å²) >= 11 is 0. The number of carbonyl (C=O) groups excluding carboxylic acids is 2. The number of nitrogens with zero attached hydrogens (tertiary/aromatic N) is 2. The number of ether oxygens (including phenoxy) is 1. The minimum atomic E-state index is -3.07. The maximum Gasteiger partial charge on any atom is 0.270 e. The van der Waals surface area contributed by atoms with Crippen molar-refractivity contribution in [1.29, 1.82) is 0 Å². The molecule has 1 heterocycles. The molecule has 4 aromatic carbocycles. The third-order valence-electron chi connectivity index (χ3n) is 6.72. The molecule has 0 saturated carbocycles. The molecule has 5 rings (SSSR count). The average molecular weight is 540 g/mol. The van der Waals surface area contributed by atoms with Gasteiger partial charge >= 0.3 is 0 Å². The van der Waals surface area contributed by atoms with Crippen LogP contribution in [0.25, 0.3) is 22.3 Å². The summed E-state index contributed by atoms with van der Waals surface area (Å²) in [6, 6.07) is 28.4. The van der Waals surface area contributed by atoms with Crippen LogP contribution in [0, 0.1) is 5.92 Å². The molecule has 1 N–H and O–H groups in total. The number of hydrazone groups is 1. The van der Waals surface area contributed by atoms with Crippen molar-refractivity contribution in [3.63, 3.8) is 0 Å². The van der Waals surface area contributed by atoms with Crippen LogP contribution < -0.4 is 15.1 Å². The summed E-state index contributed by atoms with van der Waals surface area (Å²) in [4.78, 5) is 26.8. The number of alkyl halides is 2. The molecule has 0 fully saturated rings. The number of halogens is 2. The lowest BCUT2D eigenvalue weighted by atomic mass is 9.97. The van der Waals surface area contributed by atoms with Crippen molar-refractivity contribution >= 4 is 28.9 Å². The predicted molar refractivity (Wildman–Crippen MR) is 153 cm³/mol. The van der Waals surface area contributed by atoms with E-state index in [2.05, 4.69) is 10.4 Å². The molecule has 6 nitrogen and oxygen atoms in total. The van der Waals surface area contributed by atoms with Crippen LogP contribution in [0.5, 0.6) is 5.75 Å². The highest BCUT2D eigenvalue weighted by atomic mass is 19.3. The predicted octanol–water partition coefficient (Wildman–Crippen LogP) is 7.12. The Morgan fingerprint density at radius 3 is 2.33 bits per heavy atom. The van der Waals surface area contributed by atoms with E-state index >= 15 is 0 Å². The molecular formula is C32H27F2N3O3. The van der Waals surface area contributed by atoms with E-state index in [1.54, 1.807) is 14.0 Å². The lowest BCUT2D eigenvalue weighted by Gasteiger charge is -2.18. The topological polar surface area (TPSA) is 71.0 Å². The molecule has 0 saturated heterocycles. The van der Waals surface area contributed by atoms with Crippen molar-refractivity contribution in [3.8, 4) is 28.0 Å². The van der Waals surface area contributed by atoms with Gasteiger partial charge < -0.3 is 10.1 Å². The van der Waals surface area contributed by atoms with Gasteiger partial charge in [-0.05, 0) is 60.0 Å². The molecule has 8 heteroatoms. The summed E-state index contributed by atoms with van der Waals surface area (Å²) in [5.41, 5.74) is 4.14. The molecule has 2 amide bonds. The standard InChI is InChI=1S/C32H27F2N3O3/c1-20-29(30(38)35-25-13-9-12-24(19-25)32(2,33)34)31(39)37(36-20)26-17-22(21-10-5-4-6-11-21)16-23(18-26)27-14-7-8-15-28(27)40-3/h4-19,29H,1-3H3,(H,35,38). The van der Waals surface area contributed by atoms with Crippen LogP contribution in [0.2, 0.25) is 0 Å². The molecule has 0 spiro atoms. The average Bonchev–Trinajstić information content (AvgIpc) is 3.26. The van der Waals surface area contributed by atoms with Gasteiger partial charge in [0.1, 0.15) is 5.75 Å². The van der Waals surface area contributed by atoms with E-state index in [-0.39, 0.29) is 11.3 Å². The van der Waals surface area contributed by atoms with Gasteiger partial charge in [0.15, 0.2) is 5.92 Å². The van der Waals surface area contributed by atoms with Gasteiger partial charge in [-0.2, -0.15) is 10.1 Å². The molecule has 1 aliphatic rings. The van der Waals surface area contributed by atoms with Gasteiger partial charge in [0.2, 0.25) is 5.91 Å².